The molecular formula is C25H27F2N5O2. The monoisotopic (exact) mass is 467 g/mol. The van der Waals surface area contributed by atoms with Crippen molar-refractivity contribution in [2.24, 2.45) is 0 Å². The van der Waals surface area contributed by atoms with Crippen molar-refractivity contribution in [1.82, 2.24) is 20.5 Å². The Kier molecular flexibility index (Phi) is 7.32. The third-order valence-corrected chi connectivity index (χ3v) is 5.97. The van der Waals surface area contributed by atoms with Crippen molar-refractivity contribution in [2.75, 3.05) is 25.4 Å². The highest BCUT2D eigenvalue weighted by Gasteiger charge is 2.23. The van der Waals surface area contributed by atoms with E-state index in [1.807, 2.05) is 29.2 Å². The molecule has 1 aliphatic heterocycles. The van der Waals surface area contributed by atoms with E-state index >= 15 is 0 Å². The molecular weight excluding hydrogens is 440 g/mol. The molecule has 2 aromatic carbocycles. The summed E-state index contributed by atoms with van der Waals surface area (Å²) in [6.07, 6.45) is 3.74. The first-order valence-corrected chi connectivity index (χ1v) is 11.3. The number of carbonyl (C=O) groups excluding carboxylic acids is 2. The summed E-state index contributed by atoms with van der Waals surface area (Å²) in [4.78, 5) is 31.7. The number of nitrogens with two attached hydrogens (primary N) is 1. The number of anilines is 1. The number of amides is 2. The van der Waals surface area contributed by atoms with Crippen LogP contribution in [0.25, 0.3) is 10.8 Å². The number of halogens is 2. The lowest BCUT2D eigenvalue weighted by Gasteiger charge is -2.21. The molecule has 1 aliphatic rings. The van der Waals surface area contributed by atoms with E-state index < -0.39 is 23.6 Å². The molecule has 9 heteroatoms. The Morgan fingerprint density at radius 1 is 1.03 bits per heavy atom. The predicted octanol–water partition coefficient (Wildman–Crippen LogP) is 2.53. The van der Waals surface area contributed by atoms with E-state index in [4.69, 9.17) is 5.73 Å². The van der Waals surface area contributed by atoms with Crippen molar-refractivity contribution in [3.8, 4) is 0 Å². The molecule has 4 N–H and O–H groups in total. The highest BCUT2D eigenvalue weighted by molar-refractivity contribution is 5.91. The highest BCUT2D eigenvalue weighted by atomic mass is 19.2. The predicted molar refractivity (Wildman–Crippen MR) is 126 cm³/mol. The zero-order valence-electron chi connectivity index (χ0n) is 18.7. The van der Waals surface area contributed by atoms with Gasteiger partial charge in [-0.2, -0.15) is 0 Å². The minimum atomic E-state index is -0.995. The number of likely N-dealkylation sites (tertiary alicyclic amines) is 1. The van der Waals surface area contributed by atoms with Crippen LogP contribution < -0.4 is 16.4 Å². The van der Waals surface area contributed by atoms with Gasteiger partial charge >= 0.3 is 0 Å². The third-order valence-electron chi connectivity index (χ3n) is 5.97. The van der Waals surface area contributed by atoms with Crippen LogP contribution >= 0.6 is 0 Å². The van der Waals surface area contributed by atoms with Gasteiger partial charge in [0.1, 0.15) is 11.9 Å². The van der Waals surface area contributed by atoms with E-state index in [0.29, 0.717) is 11.4 Å². The number of pyridine rings is 1. The molecule has 7 nitrogen and oxygen atoms in total. The van der Waals surface area contributed by atoms with Crippen LogP contribution in [0.2, 0.25) is 0 Å². The van der Waals surface area contributed by atoms with E-state index in [-0.39, 0.29) is 25.4 Å². The topological polar surface area (TPSA) is 100 Å². The maximum absolute atomic E-state index is 13.7. The minimum Gasteiger partial charge on any atom is -0.383 e. The Morgan fingerprint density at radius 2 is 1.79 bits per heavy atom. The number of hydrogen-bond acceptors (Lipinski definition) is 5. The second kappa shape index (κ2) is 10.6. The summed E-state index contributed by atoms with van der Waals surface area (Å²) < 4.78 is 27.0. The van der Waals surface area contributed by atoms with Gasteiger partial charge in [0.15, 0.2) is 11.6 Å². The molecule has 1 aromatic heterocycles. The number of carbonyl (C=O) groups is 2. The van der Waals surface area contributed by atoms with Gasteiger partial charge in [-0.1, -0.05) is 18.2 Å². The Hall–Kier alpha value is -3.59. The van der Waals surface area contributed by atoms with Gasteiger partial charge in [-0.05, 0) is 66.7 Å². The molecule has 0 spiro atoms. The first-order valence-electron chi connectivity index (χ1n) is 11.3. The average Bonchev–Trinajstić information content (AvgIpc) is 3.32. The summed E-state index contributed by atoms with van der Waals surface area (Å²) in [5.41, 5.74) is 7.15. The number of aromatic nitrogens is 1. The zero-order valence-corrected chi connectivity index (χ0v) is 18.7. The van der Waals surface area contributed by atoms with Crippen LogP contribution in [0.4, 0.5) is 14.6 Å². The van der Waals surface area contributed by atoms with Gasteiger partial charge in [-0.25, -0.2) is 13.8 Å². The smallest absolute Gasteiger partial charge is 0.243 e. The number of hydrogen-bond donors (Lipinski definition) is 3. The molecule has 2 heterocycles. The first-order chi connectivity index (χ1) is 16.4. The van der Waals surface area contributed by atoms with Crippen LogP contribution in [0, 0.1) is 11.6 Å². The van der Waals surface area contributed by atoms with Crippen LogP contribution in [-0.4, -0.2) is 47.4 Å². The van der Waals surface area contributed by atoms with Gasteiger partial charge in [0.05, 0.1) is 6.54 Å². The molecule has 1 saturated heterocycles. The summed E-state index contributed by atoms with van der Waals surface area (Å²) in [7, 11) is 0. The average molecular weight is 468 g/mol. The molecule has 0 unspecified atom stereocenters. The van der Waals surface area contributed by atoms with Gasteiger partial charge in [-0.15, -0.1) is 0 Å². The van der Waals surface area contributed by atoms with E-state index in [0.717, 1.165) is 54.4 Å². The van der Waals surface area contributed by atoms with Crippen molar-refractivity contribution in [1.29, 1.82) is 0 Å². The summed E-state index contributed by atoms with van der Waals surface area (Å²) in [6, 6.07) is 9.97. The number of nitrogen functional groups attached to an aromatic ring is 1. The van der Waals surface area contributed by atoms with Crippen LogP contribution in [-0.2, 0) is 22.6 Å². The summed E-state index contributed by atoms with van der Waals surface area (Å²) in [5.74, 6) is -2.22. The van der Waals surface area contributed by atoms with Gasteiger partial charge in [0.25, 0.3) is 0 Å². The van der Waals surface area contributed by atoms with Crippen LogP contribution in [0.3, 0.4) is 0 Å². The molecule has 4 rings (SSSR count). The fourth-order valence-electron chi connectivity index (χ4n) is 4.17. The number of nitrogens with one attached hydrogen (secondary N) is 2. The second-order valence-corrected chi connectivity index (χ2v) is 8.53. The van der Waals surface area contributed by atoms with Crippen molar-refractivity contribution in [2.45, 2.75) is 31.8 Å². The third kappa shape index (κ3) is 5.85. The lowest BCUT2D eigenvalue weighted by Crippen LogP contribution is -2.50. The first kappa shape index (κ1) is 23.6. The summed E-state index contributed by atoms with van der Waals surface area (Å²) in [6.45, 7) is 2.11. The largest absolute Gasteiger partial charge is 0.383 e. The van der Waals surface area contributed by atoms with Crippen LogP contribution in [0.15, 0.2) is 48.7 Å². The van der Waals surface area contributed by atoms with Gasteiger partial charge in [0, 0.05) is 24.5 Å². The molecule has 1 fully saturated rings. The van der Waals surface area contributed by atoms with E-state index in [9.17, 15) is 18.4 Å². The second-order valence-electron chi connectivity index (χ2n) is 8.53. The Balaban J connectivity index is 1.45. The highest BCUT2D eigenvalue weighted by Crippen LogP contribution is 2.20. The lowest BCUT2D eigenvalue weighted by atomic mass is 10.0. The van der Waals surface area contributed by atoms with Crippen LogP contribution in [0.5, 0.6) is 0 Å². The van der Waals surface area contributed by atoms with E-state index in [1.165, 1.54) is 6.07 Å². The molecule has 0 bridgehead atoms. The summed E-state index contributed by atoms with van der Waals surface area (Å²) in [5, 5.41) is 7.33. The minimum absolute atomic E-state index is 0.0364. The lowest BCUT2D eigenvalue weighted by molar-refractivity contribution is -0.129. The molecule has 2 amide bonds. The Morgan fingerprint density at radius 3 is 2.56 bits per heavy atom. The maximum Gasteiger partial charge on any atom is 0.243 e. The van der Waals surface area contributed by atoms with E-state index in [2.05, 4.69) is 15.6 Å². The van der Waals surface area contributed by atoms with Gasteiger partial charge < -0.3 is 16.4 Å². The molecule has 3 aromatic rings. The molecule has 178 valence electrons. The van der Waals surface area contributed by atoms with Crippen molar-refractivity contribution in [3.63, 3.8) is 0 Å². The molecule has 1 atom stereocenters. The van der Waals surface area contributed by atoms with Crippen molar-refractivity contribution in [3.05, 3.63) is 71.4 Å². The Labute approximate surface area is 196 Å². The normalized spacial score (nSPS) is 14.8. The van der Waals surface area contributed by atoms with Crippen molar-refractivity contribution >= 4 is 28.4 Å². The van der Waals surface area contributed by atoms with Gasteiger partial charge in [0.2, 0.25) is 11.8 Å². The molecule has 0 radical (unpaired) electrons. The number of nitrogens with zero attached hydrogens (tertiary/aromatic N) is 2. The number of fused-ring (bicyclic) bond motifs is 1. The zero-order chi connectivity index (χ0) is 24.1. The van der Waals surface area contributed by atoms with Crippen LogP contribution in [0.1, 0.15) is 24.0 Å². The maximum atomic E-state index is 13.7. The Bertz CT molecular complexity index is 1200. The molecule has 0 aliphatic carbocycles. The number of benzene rings is 2. The summed E-state index contributed by atoms with van der Waals surface area (Å²) >= 11 is 0. The fourth-order valence-corrected chi connectivity index (χ4v) is 4.17. The number of rotatable bonds is 8. The SMILES string of the molecule is Nc1nccc2cc(CNC(=O)[C@H](Cc3ccc(F)c(F)c3)NC(=O)CN3CCCC3)ccc12. The van der Waals surface area contributed by atoms with Crippen molar-refractivity contribution < 1.29 is 18.4 Å². The molecule has 34 heavy (non-hydrogen) atoms. The fraction of sp³-hybridized carbons (Fsp3) is 0.320. The van der Waals surface area contributed by atoms with E-state index in [1.54, 1.807) is 6.20 Å². The standard InChI is InChI=1S/C25H27F2N5O2/c26-20-6-4-16(12-21(20)27)13-22(31-23(33)15-32-9-1-2-10-32)25(34)30-14-17-3-5-19-18(11-17)7-8-29-24(19)28/h3-8,11-12,22H,1-2,9-10,13-15H2,(H2,28,29)(H,30,34)(H,31,33)/t22-/m0/s1. The molecule has 0 saturated carbocycles. The quantitative estimate of drug-likeness (QED) is 0.473. The van der Waals surface area contributed by atoms with Gasteiger partial charge in [-0.3, -0.25) is 14.5 Å².